The highest BCUT2D eigenvalue weighted by molar-refractivity contribution is 7.88. The minimum absolute atomic E-state index is 0.366. The number of likely N-dealkylation sites (N-methyl/N-ethyl adjacent to an activating group) is 1. The van der Waals surface area contributed by atoms with Crippen molar-refractivity contribution in [2.75, 3.05) is 26.0 Å². The summed E-state index contributed by atoms with van der Waals surface area (Å²) in [6, 6.07) is 9.35. The van der Waals surface area contributed by atoms with Crippen LogP contribution in [0.1, 0.15) is 6.92 Å². The lowest BCUT2D eigenvalue weighted by molar-refractivity contribution is 0.277. The summed E-state index contributed by atoms with van der Waals surface area (Å²) in [5, 5.41) is 0. The highest BCUT2D eigenvalue weighted by Crippen LogP contribution is 2.08. The number of nitrogens with zero attached hydrogens (tertiary/aromatic N) is 1. The van der Waals surface area contributed by atoms with Crippen LogP contribution < -0.4 is 4.74 Å². The Morgan fingerprint density at radius 1 is 1.25 bits per heavy atom. The van der Waals surface area contributed by atoms with Crippen LogP contribution in [0.15, 0.2) is 30.3 Å². The van der Waals surface area contributed by atoms with Gasteiger partial charge in [0.05, 0.1) is 6.26 Å². The Balaban J connectivity index is 2.41. The molecule has 0 amide bonds. The third-order valence-electron chi connectivity index (χ3n) is 2.17. The van der Waals surface area contributed by atoms with Crippen LogP contribution >= 0.6 is 0 Å². The van der Waals surface area contributed by atoms with Gasteiger partial charge in [0.15, 0.2) is 0 Å². The first-order chi connectivity index (χ1) is 7.54. The quantitative estimate of drug-likeness (QED) is 0.757. The number of sulfonamides is 1. The van der Waals surface area contributed by atoms with Gasteiger partial charge in [-0.05, 0) is 12.1 Å². The Morgan fingerprint density at radius 2 is 1.88 bits per heavy atom. The molecule has 0 N–H and O–H groups in total. The molecule has 0 spiro atoms. The third kappa shape index (κ3) is 4.20. The fourth-order valence-electron chi connectivity index (χ4n) is 1.34. The van der Waals surface area contributed by atoms with Crippen molar-refractivity contribution in [2.24, 2.45) is 0 Å². The number of para-hydroxylation sites is 1. The Kier molecular flexibility index (Phi) is 4.76. The van der Waals surface area contributed by atoms with E-state index in [-0.39, 0.29) is 0 Å². The van der Waals surface area contributed by atoms with E-state index in [0.29, 0.717) is 19.7 Å². The molecule has 0 saturated heterocycles. The highest BCUT2D eigenvalue weighted by atomic mass is 32.2. The van der Waals surface area contributed by atoms with Gasteiger partial charge in [-0.2, -0.15) is 4.31 Å². The van der Waals surface area contributed by atoms with Gasteiger partial charge in [0.2, 0.25) is 10.0 Å². The average molecular weight is 243 g/mol. The molecule has 0 aromatic heterocycles. The summed E-state index contributed by atoms with van der Waals surface area (Å²) < 4.78 is 29.4. The average Bonchev–Trinajstić information content (AvgIpc) is 2.24. The van der Waals surface area contributed by atoms with Crippen LogP contribution in [0, 0.1) is 0 Å². The Morgan fingerprint density at radius 3 is 2.38 bits per heavy atom. The number of hydrogen-bond donors (Lipinski definition) is 0. The predicted molar refractivity (Wildman–Crippen MR) is 64.0 cm³/mol. The van der Waals surface area contributed by atoms with Crippen molar-refractivity contribution < 1.29 is 13.2 Å². The van der Waals surface area contributed by atoms with Crippen LogP contribution in [-0.4, -0.2) is 38.7 Å². The molecule has 0 heterocycles. The Hall–Kier alpha value is -1.07. The van der Waals surface area contributed by atoms with Crippen molar-refractivity contribution in [2.45, 2.75) is 6.92 Å². The lowest BCUT2D eigenvalue weighted by atomic mass is 10.3. The smallest absolute Gasteiger partial charge is 0.211 e. The molecule has 5 heteroatoms. The summed E-state index contributed by atoms with van der Waals surface area (Å²) in [5.74, 6) is 0.757. The van der Waals surface area contributed by atoms with E-state index in [0.717, 1.165) is 5.75 Å². The van der Waals surface area contributed by atoms with Crippen molar-refractivity contribution in [1.29, 1.82) is 0 Å². The lowest BCUT2D eigenvalue weighted by Gasteiger charge is -2.17. The summed E-state index contributed by atoms with van der Waals surface area (Å²) in [5.41, 5.74) is 0. The van der Waals surface area contributed by atoms with Gasteiger partial charge in [-0.25, -0.2) is 8.42 Å². The van der Waals surface area contributed by atoms with Crippen LogP contribution in [0.4, 0.5) is 0 Å². The summed E-state index contributed by atoms with van der Waals surface area (Å²) in [6.45, 7) is 3.02. The van der Waals surface area contributed by atoms with Crippen molar-refractivity contribution in [3.63, 3.8) is 0 Å². The first-order valence-corrected chi connectivity index (χ1v) is 7.02. The zero-order chi connectivity index (χ0) is 12.0. The molecular formula is C11H17NO3S. The van der Waals surface area contributed by atoms with Crippen molar-refractivity contribution in [3.05, 3.63) is 30.3 Å². The monoisotopic (exact) mass is 243 g/mol. The maximum atomic E-state index is 11.3. The summed E-state index contributed by atoms with van der Waals surface area (Å²) in [4.78, 5) is 0. The number of benzene rings is 1. The molecule has 0 aliphatic carbocycles. The Bertz CT molecular complexity index is 402. The van der Waals surface area contributed by atoms with Gasteiger partial charge in [0, 0.05) is 13.1 Å². The van der Waals surface area contributed by atoms with E-state index in [1.54, 1.807) is 0 Å². The van der Waals surface area contributed by atoms with Gasteiger partial charge in [-0.1, -0.05) is 25.1 Å². The lowest BCUT2D eigenvalue weighted by Crippen LogP contribution is -2.33. The SMILES string of the molecule is CCN(CCOc1ccccc1)S(C)(=O)=O. The van der Waals surface area contributed by atoms with Crippen molar-refractivity contribution >= 4 is 10.0 Å². The minimum Gasteiger partial charge on any atom is -0.492 e. The van der Waals surface area contributed by atoms with Crippen molar-refractivity contribution in [3.8, 4) is 5.75 Å². The molecule has 0 aliphatic heterocycles. The molecule has 4 nitrogen and oxygen atoms in total. The van der Waals surface area contributed by atoms with Crippen molar-refractivity contribution in [1.82, 2.24) is 4.31 Å². The van der Waals surface area contributed by atoms with Gasteiger partial charge < -0.3 is 4.74 Å². The maximum absolute atomic E-state index is 11.3. The molecule has 16 heavy (non-hydrogen) atoms. The molecule has 0 radical (unpaired) electrons. The normalized spacial score (nSPS) is 11.7. The molecular weight excluding hydrogens is 226 g/mol. The van der Waals surface area contributed by atoms with Crippen LogP contribution in [0.3, 0.4) is 0 Å². The summed E-state index contributed by atoms with van der Waals surface area (Å²) in [7, 11) is -3.12. The standard InChI is InChI=1S/C11H17NO3S/c1-3-12(16(2,13)14)9-10-15-11-7-5-4-6-8-11/h4-8H,3,9-10H2,1-2H3. The van der Waals surface area contributed by atoms with Gasteiger partial charge in [-0.3, -0.25) is 0 Å². The second-order valence-electron chi connectivity index (χ2n) is 3.42. The zero-order valence-corrected chi connectivity index (χ0v) is 10.4. The molecule has 1 rings (SSSR count). The van der Waals surface area contributed by atoms with Gasteiger partial charge in [0.1, 0.15) is 12.4 Å². The minimum atomic E-state index is -3.12. The van der Waals surface area contributed by atoms with Crippen LogP contribution in [-0.2, 0) is 10.0 Å². The molecule has 0 unspecified atom stereocenters. The first kappa shape index (κ1) is 13.0. The van der Waals surface area contributed by atoms with E-state index in [1.165, 1.54) is 10.6 Å². The zero-order valence-electron chi connectivity index (χ0n) is 9.59. The van der Waals surface area contributed by atoms with Crippen LogP contribution in [0.2, 0.25) is 0 Å². The molecule has 0 saturated carbocycles. The van der Waals surface area contributed by atoms with E-state index >= 15 is 0 Å². The number of ether oxygens (including phenoxy) is 1. The molecule has 90 valence electrons. The summed E-state index contributed by atoms with van der Waals surface area (Å²) in [6.07, 6.45) is 1.21. The second-order valence-corrected chi connectivity index (χ2v) is 5.40. The molecule has 0 bridgehead atoms. The van der Waals surface area contributed by atoms with Gasteiger partial charge >= 0.3 is 0 Å². The fourth-order valence-corrected chi connectivity index (χ4v) is 2.22. The van der Waals surface area contributed by atoms with Gasteiger partial charge in [0.25, 0.3) is 0 Å². The second kappa shape index (κ2) is 5.86. The molecule has 1 aromatic rings. The maximum Gasteiger partial charge on any atom is 0.211 e. The largest absolute Gasteiger partial charge is 0.492 e. The van der Waals surface area contributed by atoms with E-state index in [9.17, 15) is 8.42 Å². The molecule has 0 fully saturated rings. The predicted octanol–water partition coefficient (Wildman–Crippen LogP) is 1.35. The Labute approximate surface area is 96.9 Å². The van der Waals surface area contributed by atoms with Crippen LogP contribution in [0.5, 0.6) is 5.75 Å². The number of hydrogen-bond acceptors (Lipinski definition) is 3. The highest BCUT2D eigenvalue weighted by Gasteiger charge is 2.13. The van der Waals surface area contributed by atoms with E-state index in [2.05, 4.69) is 0 Å². The third-order valence-corrected chi connectivity index (χ3v) is 3.55. The number of rotatable bonds is 6. The fraction of sp³-hybridized carbons (Fsp3) is 0.455. The molecule has 1 aromatic carbocycles. The van der Waals surface area contributed by atoms with Gasteiger partial charge in [-0.15, -0.1) is 0 Å². The first-order valence-electron chi connectivity index (χ1n) is 5.17. The molecule has 0 atom stereocenters. The van der Waals surface area contributed by atoms with E-state index in [1.807, 2.05) is 37.3 Å². The molecule has 0 aliphatic rings. The van der Waals surface area contributed by atoms with E-state index in [4.69, 9.17) is 4.74 Å². The van der Waals surface area contributed by atoms with Crippen LogP contribution in [0.25, 0.3) is 0 Å². The summed E-state index contributed by atoms with van der Waals surface area (Å²) >= 11 is 0. The van der Waals surface area contributed by atoms with E-state index < -0.39 is 10.0 Å². The topological polar surface area (TPSA) is 46.6 Å².